The third kappa shape index (κ3) is 3.77. The van der Waals surface area contributed by atoms with Crippen molar-refractivity contribution >= 4 is 23.4 Å². The van der Waals surface area contributed by atoms with Crippen molar-refractivity contribution < 1.29 is 28.6 Å². The number of ether oxygens (including phenoxy) is 1. The lowest BCUT2D eigenvalue weighted by molar-refractivity contribution is -0.139. The van der Waals surface area contributed by atoms with Crippen LogP contribution in [0.4, 0.5) is 4.39 Å². The Morgan fingerprint density at radius 2 is 1.97 bits per heavy atom. The minimum absolute atomic E-state index is 0.0517. The van der Waals surface area contributed by atoms with Gasteiger partial charge in [-0.3, -0.25) is 14.4 Å². The van der Waals surface area contributed by atoms with Crippen LogP contribution in [0, 0.1) is 11.7 Å². The molecule has 4 heterocycles. The van der Waals surface area contributed by atoms with Crippen LogP contribution in [0.1, 0.15) is 32.3 Å². The van der Waals surface area contributed by atoms with Gasteiger partial charge in [-0.05, 0) is 32.8 Å². The number of nitrogens with zero attached hydrogens (tertiary/aromatic N) is 5. The van der Waals surface area contributed by atoms with Crippen molar-refractivity contribution in [2.24, 2.45) is 11.0 Å². The number of piperazine rings is 1. The van der Waals surface area contributed by atoms with Crippen LogP contribution < -0.4 is 4.74 Å². The molecule has 10 nitrogen and oxygen atoms in total. The van der Waals surface area contributed by atoms with E-state index in [1.807, 2.05) is 13.8 Å². The number of halogens is 1. The Balaban J connectivity index is 1.63. The lowest BCUT2D eigenvalue weighted by atomic mass is 9.91. The monoisotopic (exact) mass is 499 g/mol. The standard InChI is InChI=1S/C25H30FN5O5/c1-4-29-12-14(2)31-20-18(22(32)21(31)25(29)35)23(33)30-13-15-7-8-16(26)11-17(15)36-10-6-5-9-28(3)24(34)19(20)27-30/h7-8,11,14,18,20,32H,4-6,9-10,12-13H2,1-3H3/t14-,18?,20?/m0/s1. The molecular weight excluding hydrogens is 469 g/mol. The van der Waals surface area contributed by atoms with E-state index in [0.717, 1.165) is 5.01 Å². The van der Waals surface area contributed by atoms with Crippen molar-refractivity contribution in [3.8, 4) is 5.75 Å². The van der Waals surface area contributed by atoms with Crippen molar-refractivity contribution in [3.05, 3.63) is 41.0 Å². The van der Waals surface area contributed by atoms with Crippen molar-refractivity contribution in [2.45, 2.75) is 45.3 Å². The Kier molecular flexibility index (Phi) is 6.09. The lowest BCUT2D eigenvalue weighted by Gasteiger charge is -2.44. The normalized spacial score (nSPS) is 26.9. The summed E-state index contributed by atoms with van der Waals surface area (Å²) < 4.78 is 19.8. The molecule has 2 unspecified atom stereocenters. The molecule has 3 atom stereocenters. The predicted octanol–water partition coefficient (Wildman–Crippen LogP) is 1.48. The van der Waals surface area contributed by atoms with Gasteiger partial charge >= 0.3 is 0 Å². The van der Waals surface area contributed by atoms with Gasteiger partial charge in [0.25, 0.3) is 17.7 Å². The fourth-order valence-electron chi connectivity index (χ4n) is 5.46. The predicted molar refractivity (Wildman–Crippen MR) is 127 cm³/mol. The fraction of sp³-hybridized carbons (Fsp3) is 0.520. The largest absolute Gasteiger partial charge is 0.509 e. The molecule has 0 aromatic heterocycles. The Hall–Kier alpha value is -3.63. The van der Waals surface area contributed by atoms with Crippen LogP contribution in [-0.2, 0) is 20.9 Å². The highest BCUT2D eigenvalue weighted by atomic mass is 19.1. The summed E-state index contributed by atoms with van der Waals surface area (Å²) in [5, 5.41) is 16.9. The number of benzene rings is 1. The summed E-state index contributed by atoms with van der Waals surface area (Å²) in [6.45, 7) is 5.29. The van der Waals surface area contributed by atoms with Gasteiger partial charge in [-0.2, -0.15) is 5.10 Å². The van der Waals surface area contributed by atoms with Crippen molar-refractivity contribution in [2.75, 3.05) is 33.3 Å². The van der Waals surface area contributed by atoms with Crippen LogP contribution in [0.25, 0.3) is 0 Å². The summed E-state index contributed by atoms with van der Waals surface area (Å²) in [5.74, 6) is -2.93. The van der Waals surface area contributed by atoms with Crippen LogP contribution in [-0.4, -0.2) is 93.6 Å². The number of carbonyl (C=O) groups is 3. The van der Waals surface area contributed by atoms with Gasteiger partial charge in [0.2, 0.25) is 0 Å². The van der Waals surface area contributed by atoms with E-state index < -0.39 is 23.7 Å². The molecule has 11 heteroatoms. The molecule has 0 aliphatic carbocycles. The van der Waals surface area contributed by atoms with E-state index in [-0.39, 0.29) is 41.6 Å². The molecule has 1 N–H and O–H groups in total. The third-order valence-electron chi connectivity index (χ3n) is 7.33. The van der Waals surface area contributed by atoms with Gasteiger partial charge in [-0.25, -0.2) is 9.40 Å². The molecule has 4 aliphatic heterocycles. The molecule has 3 amide bonds. The third-order valence-corrected chi connectivity index (χ3v) is 7.33. The first kappa shape index (κ1) is 24.1. The van der Waals surface area contributed by atoms with E-state index in [4.69, 9.17) is 4.74 Å². The van der Waals surface area contributed by atoms with Crippen molar-refractivity contribution in [1.82, 2.24) is 19.7 Å². The minimum Gasteiger partial charge on any atom is -0.509 e. The maximum absolute atomic E-state index is 14.0. The molecule has 5 rings (SSSR count). The maximum Gasteiger partial charge on any atom is 0.273 e. The zero-order chi connectivity index (χ0) is 25.7. The first-order valence-corrected chi connectivity index (χ1v) is 12.3. The van der Waals surface area contributed by atoms with E-state index >= 15 is 0 Å². The molecule has 0 saturated carbocycles. The smallest absolute Gasteiger partial charge is 0.273 e. The topological polar surface area (TPSA) is 106 Å². The highest BCUT2D eigenvalue weighted by molar-refractivity contribution is 6.42. The molecule has 36 heavy (non-hydrogen) atoms. The second kappa shape index (κ2) is 9.11. The molecule has 1 saturated heterocycles. The number of hydrogen-bond acceptors (Lipinski definition) is 7. The summed E-state index contributed by atoms with van der Waals surface area (Å²) >= 11 is 0. The molecule has 1 aromatic carbocycles. The summed E-state index contributed by atoms with van der Waals surface area (Å²) in [7, 11) is 1.66. The van der Waals surface area contributed by atoms with Crippen LogP contribution in [0.15, 0.2) is 34.8 Å². The van der Waals surface area contributed by atoms with E-state index in [0.29, 0.717) is 50.4 Å². The Bertz CT molecular complexity index is 1180. The van der Waals surface area contributed by atoms with E-state index in [2.05, 4.69) is 5.10 Å². The SMILES string of the molecule is CCN1C[C@H](C)N2C(=C(O)C3C(=O)N4Cc5ccc(F)cc5OCCCCN(C)C(=O)C(=N4)C32)C1=O. The van der Waals surface area contributed by atoms with Crippen LogP contribution in [0.2, 0.25) is 0 Å². The van der Waals surface area contributed by atoms with E-state index in [9.17, 15) is 23.9 Å². The second-order valence-electron chi connectivity index (χ2n) is 9.67. The number of amides is 3. The van der Waals surface area contributed by atoms with E-state index in [1.54, 1.807) is 21.7 Å². The average Bonchev–Trinajstić information content (AvgIpc) is 3.17. The van der Waals surface area contributed by atoms with Gasteiger partial charge in [0.1, 0.15) is 34.7 Å². The fourth-order valence-corrected chi connectivity index (χ4v) is 5.46. The molecule has 1 aromatic rings. The van der Waals surface area contributed by atoms with Gasteiger partial charge in [-0.15, -0.1) is 0 Å². The quantitative estimate of drug-likeness (QED) is 0.628. The Morgan fingerprint density at radius 3 is 2.72 bits per heavy atom. The molecule has 2 bridgehead atoms. The Labute approximate surface area is 208 Å². The Morgan fingerprint density at radius 1 is 1.19 bits per heavy atom. The number of hydrogen-bond donors (Lipinski definition) is 1. The molecule has 192 valence electrons. The summed E-state index contributed by atoms with van der Waals surface area (Å²) in [5.41, 5.74) is 0.670. The maximum atomic E-state index is 14.0. The van der Waals surface area contributed by atoms with Crippen LogP contribution in [0.5, 0.6) is 5.75 Å². The van der Waals surface area contributed by atoms with Gasteiger partial charge in [-0.1, -0.05) is 6.07 Å². The molecule has 4 aliphatic rings. The van der Waals surface area contributed by atoms with E-state index in [1.165, 1.54) is 18.2 Å². The molecule has 1 fully saturated rings. The zero-order valence-electron chi connectivity index (χ0n) is 20.6. The summed E-state index contributed by atoms with van der Waals surface area (Å²) in [6.07, 6.45) is 1.29. The van der Waals surface area contributed by atoms with Crippen LogP contribution in [0.3, 0.4) is 0 Å². The van der Waals surface area contributed by atoms with Crippen molar-refractivity contribution in [1.29, 1.82) is 0 Å². The number of fused-ring (bicyclic) bond motifs is 6. The van der Waals surface area contributed by atoms with Crippen LogP contribution >= 0.6 is 0 Å². The number of aliphatic hydroxyl groups excluding tert-OH is 1. The second-order valence-corrected chi connectivity index (χ2v) is 9.67. The summed E-state index contributed by atoms with van der Waals surface area (Å²) in [6, 6.07) is 2.94. The highest BCUT2D eigenvalue weighted by Gasteiger charge is 2.58. The zero-order valence-corrected chi connectivity index (χ0v) is 20.6. The first-order chi connectivity index (χ1) is 17.2. The molecular formula is C25H30FN5O5. The van der Waals surface area contributed by atoms with Gasteiger partial charge < -0.3 is 24.5 Å². The van der Waals surface area contributed by atoms with Gasteiger partial charge in [0.05, 0.1) is 19.2 Å². The number of likely N-dealkylation sites (N-methyl/N-ethyl adjacent to an activating group) is 1. The molecule has 0 radical (unpaired) electrons. The van der Waals surface area contributed by atoms with Gasteiger partial charge in [0.15, 0.2) is 0 Å². The number of carbonyl (C=O) groups excluding carboxylic acids is 3. The number of aliphatic hydroxyl groups is 1. The number of hydrazone groups is 1. The van der Waals surface area contributed by atoms with Gasteiger partial charge in [0, 0.05) is 44.4 Å². The first-order valence-electron chi connectivity index (χ1n) is 12.3. The average molecular weight is 500 g/mol. The lowest BCUT2D eigenvalue weighted by Crippen LogP contribution is -2.61. The number of rotatable bonds is 1. The highest BCUT2D eigenvalue weighted by Crippen LogP contribution is 2.42. The summed E-state index contributed by atoms with van der Waals surface area (Å²) in [4.78, 5) is 45.4. The van der Waals surface area contributed by atoms with Crippen molar-refractivity contribution in [3.63, 3.8) is 0 Å². The minimum atomic E-state index is -1.15. The molecule has 0 spiro atoms.